The number of hydrogen-bond acceptors (Lipinski definition) is 2. The van der Waals surface area contributed by atoms with Crippen molar-refractivity contribution in [3.05, 3.63) is 53.6 Å². The predicted molar refractivity (Wildman–Crippen MR) is 67.7 cm³/mol. The summed E-state index contributed by atoms with van der Waals surface area (Å²) in [6, 6.07) is 4.93. The minimum absolute atomic E-state index is 0.0675. The number of benzene rings is 1. The maximum atomic E-state index is 13.0. The molecule has 0 N–H and O–H groups in total. The van der Waals surface area contributed by atoms with Gasteiger partial charge in [-0.25, -0.2) is 0 Å². The molecule has 104 valence electrons. The molecule has 2 rings (SSSR count). The van der Waals surface area contributed by atoms with Crippen molar-refractivity contribution >= 4 is 18.1 Å². The summed E-state index contributed by atoms with van der Waals surface area (Å²) >= 11 is 0. The molecule has 0 heterocycles. The van der Waals surface area contributed by atoms with Crippen LogP contribution in [0.4, 0.5) is 13.2 Å². The zero-order valence-corrected chi connectivity index (χ0v) is 10.4. The molecule has 20 heavy (non-hydrogen) atoms. The summed E-state index contributed by atoms with van der Waals surface area (Å²) in [4.78, 5) is 22.5. The molecule has 0 unspecified atom stereocenters. The molecule has 0 aliphatic heterocycles. The molecule has 1 aliphatic carbocycles. The van der Waals surface area contributed by atoms with Gasteiger partial charge in [-0.05, 0) is 23.6 Å². The Bertz CT molecular complexity index is 589. The van der Waals surface area contributed by atoms with Crippen molar-refractivity contribution in [1.82, 2.24) is 0 Å². The van der Waals surface area contributed by atoms with Crippen molar-refractivity contribution in [1.29, 1.82) is 0 Å². The lowest BCUT2D eigenvalue weighted by Crippen LogP contribution is -2.28. The lowest BCUT2D eigenvalue weighted by Gasteiger charge is -2.28. The van der Waals surface area contributed by atoms with E-state index in [1.54, 1.807) is 12.2 Å². The molecule has 5 heteroatoms. The first-order valence-electron chi connectivity index (χ1n) is 5.91. The van der Waals surface area contributed by atoms with Crippen LogP contribution in [0.2, 0.25) is 0 Å². The van der Waals surface area contributed by atoms with Gasteiger partial charge >= 0.3 is 6.18 Å². The van der Waals surface area contributed by atoms with Crippen LogP contribution in [0.1, 0.15) is 17.5 Å². The number of halogens is 3. The van der Waals surface area contributed by atoms with E-state index >= 15 is 0 Å². The number of hydrogen-bond donors (Lipinski definition) is 0. The first-order chi connectivity index (χ1) is 9.44. The normalized spacial score (nSPS) is 17.4. The number of aldehydes is 2. The average Bonchev–Trinajstić information content (AvgIpc) is 2.46. The van der Waals surface area contributed by atoms with Gasteiger partial charge in [0, 0.05) is 0 Å². The molecule has 0 amide bonds. The second kappa shape index (κ2) is 5.07. The van der Waals surface area contributed by atoms with Crippen LogP contribution in [-0.2, 0) is 15.8 Å². The van der Waals surface area contributed by atoms with Crippen molar-refractivity contribution in [3.63, 3.8) is 0 Å². The van der Waals surface area contributed by atoms with Gasteiger partial charge in [0.25, 0.3) is 0 Å². The smallest absolute Gasteiger partial charge is 0.302 e. The quantitative estimate of drug-likeness (QED) is 0.628. The van der Waals surface area contributed by atoms with E-state index in [0.29, 0.717) is 12.6 Å². The molecule has 0 atom stereocenters. The van der Waals surface area contributed by atoms with Crippen molar-refractivity contribution < 1.29 is 22.8 Å². The monoisotopic (exact) mass is 280 g/mol. The van der Waals surface area contributed by atoms with E-state index in [9.17, 15) is 22.8 Å². The van der Waals surface area contributed by atoms with Gasteiger partial charge in [0.1, 0.15) is 18.0 Å². The minimum atomic E-state index is -4.55. The molecule has 0 aromatic heterocycles. The Labute approximate surface area is 113 Å². The van der Waals surface area contributed by atoms with Gasteiger partial charge in [-0.1, -0.05) is 36.4 Å². The standard InChI is InChI=1S/C15H11F3O2/c16-15(17,18)13-7-2-1-5-11(13)12-6-3-4-8-14(12,9-19)10-20/h1-7,9-10H,8H2. The van der Waals surface area contributed by atoms with E-state index < -0.39 is 17.2 Å². The van der Waals surface area contributed by atoms with E-state index in [4.69, 9.17) is 0 Å². The maximum absolute atomic E-state index is 13.0. The summed E-state index contributed by atoms with van der Waals surface area (Å²) in [7, 11) is 0. The summed E-state index contributed by atoms with van der Waals surface area (Å²) in [5, 5.41) is 0. The van der Waals surface area contributed by atoms with Gasteiger partial charge in [-0.2, -0.15) is 13.2 Å². The third kappa shape index (κ3) is 2.31. The second-order valence-electron chi connectivity index (χ2n) is 4.53. The number of allylic oxidation sites excluding steroid dienone is 4. The Kier molecular flexibility index (Phi) is 3.61. The van der Waals surface area contributed by atoms with Gasteiger partial charge < -0.3 is 9.59 Å². The Morgan fingerprint density at radius 2 is 1.75 bits per heavy atom. The van der Waals surface area contributed by atoms with E-state index in [2.05, 4.69) is 0 Å². The van der Waals surface area contributed by atoms with E-state index in [1.807, 2.05) is 0 Å². The van der Waals surface area contributed by atoms with Crippen LogP contribution in [0.3, 0.4) is 0 Å². The summed E-state index contributed by atoms with van der Waals surface area (Å²) in [5.41, 5.74) is -2.45. The van der Waals surface area contributed by atoms with Gasteiger partial charge in [0.15, 0.2) is 0 Å². The molecular weight excluding hydrogens is 269 g/mol. The fourth-order valence-electron chi connectivity index (χ4n) is 2.25. The Balaban J connectivity index is 2.67. The fourth-order valence-corrected chi connectivity index (χ4v) is 2.25. The van der Waals surface area contributed by atoms with Crippen LogP contribution >= 0.6 is 0 Å². The summed E-state index contributed by atoms with van der Waals surface area (Å²) in [5.74, 6) is 0. The number of alkyl halides is 3. The van der Waals surface area contributed by atoms with Crippen LogP contribution in [0.25, 0.3) is 5.57 Å². The van der Waals surface area contributed by atoms with Crippen LogP contribution in [0.15, 0.2) is 42.5 Å². The largest absolute Gasteiger partial charge is 0.416 e. The summed E-state index contributed by atoms with van der Waals surface area (Å²) in [6.07, 6.45) is 0.853. The molecule has 0 bridgehead atoms. The second-order valence-corrected chi connectivity index (χ2v) is 4.53. The predicted octanol–water partition coefficient (Wildman–Crippen LogP) is 3.43. The third-order valence-corrected chi connectivity index (χ3v) is 3.30. The highest BCUT2D eigenvalue weighted by molar-refractivity contribution is 6.02. The summed E-state index contributed by atoms with van der Waals surface area (Å²) < 4.78 is 39.1. The zero-order valence-electron chi connectivity index (χ0n) is 10.4. The fraction of sp³-hybridized carbons (Fsp3) is 0.200. The lowest BCUT2D eigenvalue weighted by atomic mass is 9.73. The highest BCUT2D eigenvalue weighted by atomic mass is 19.4. The zero-order chi connectivity index (χ0) is 14.8. The molecule has 1 aromatic carbocycles. The Morgan fingerprint density at radius 1 is 1.10 bits per heavy atom. The summed E-state index contributed by atoms with van der Waals surface area (Å²) in [6.45, 7) is 0. The van der Waals surface area contributed by atoms with Crippen LogP contribution in [0.5, 0.6) is 0 Å². The number of carbonyl (C=O) groups excluding carboxylic acids is 2. The molecule has 0 saturated carbocycles. The van der Waals surface area contributed by atoms with Crippen molar-refractivity contribution in [2.45, 2.75) is 12.6 Å². The lowest BCUT2D eigenvalue weighted by molar-refractivity contribution is -0.138. The SMILES string of the molecule is O=CC1(C=O)CC=CC=C1c1ccccc1C(F)(F)F. The number of rotatable bonds is 3. The van der Waals surface area contributed by atoms with Crippen LogP contribution in [-0.4, -0.2) is 12.6 Å². The molecule has 1 aliphatic rings. The van der Waals surface area contributed by atoms with Gasteiger partial charge in [-0.15, -0.1) is 0 Å². The van der Waals surface area contributed by atoms with E-state index in [-0.39, 0.29) is 17.6 Å². The van der Waals surface area contributed by atoms with Crippen LogP contribution in [0, 0.1) is 5.41 Å². The highest BCUT2D eigenvalue weighted by Gasteiger charge is 2.40. The van der Waals surface area contributed by atoms with Crippen molar-refractivity contribution in [2.75, 3.05) is 0 Å². The topological polar surface area (TPSA) is 34.1 Å². The first-order valence-corrected chi connectivity index (χ1v) is 5.91. The van der Waals surface area contributed by atoms with Gasteiger partial charge in [0.2, 0.25) is 0 Å². The molecule has 0 saturated heterocycles. The Morgan fingerprint density at radius 3 is 2.35 bits per heavy atom. The molecule has 1 aromatic rings. The van der Waals surface area contributed by atoms with Crippen LogP contribution < -0.4 is 0 Å². The maximum Gasteiger partial charge on any atom is 0.416 e. The van der Waals surface area contributed by atoms with Gasteiger partial charge in [0.05, 0.1) is 5.56 Å². The first kappa shape index (κ1) is 14.2. The molecular formula is C15H11F3O2. The minimum Gasteiger partial charge on any atom is -0.302 e. The van der Waals surface area contributed by atoms with Gasteiger partial charge in [-0.3, -0.25) is 0 Å². The third-order valence-electron chi connectivity index (χ3n) is 3.30. The van der Waals surface area contributed by atoms with Crippen molar-refractivity contribution in [3.8, 4) is 0 Å². The van der Waals surface area contributed by atoms with E-state index in [1.165, 1.54) is 24.3 Å². The Hall–Kier alpha value is -2.17. The molecule has 0 spiro atoms. The molecule has 0 radical (unpaired) electrons. The van der Waals surface area contributed by atoms with Crippen molar-refractivity contribution in [2.24, 2.45) is 5.41 Å². The molecule has 2 nitrogen and oxygen atoms in total. The number of carbonyl (C=O) groups is 2. The highest BCUT2D eigenvalue weighted by Crippen LogP contribution is 2.43. The molecule has 0 fully saturated rings. The average molecular weight is 280 g/mol. The van der Waals surface area contributed by atoms with E-state index in [0.717, 1.165) is 6.07 Å².